The number of nitriles is 1. The predicted octanol–water partition coefficient (Wildman–Crippen LogP) is 4.93. The van der Waals surface area contributed by atoms with Crippen molar-refractivity contribution in [2.75, 3.05) is 5.75 Å². The molecule has 2 aromatic heterocycles. The first-order chi connectivity index (χ1) is 11.2. The molecule has 3 rings (SSSR count). The molecule has 0 bridgehead atoms. The highest BCUT2D eigenvalue weighted by Gasteiger charge is 2.14. The van der Waals surface area contributed by atoms with E-state index < -0.39 is 0 Å². The highest BCUT2D eigenvalue weighted by Crippen LogP contribution is 2.31. The van der Waals surface area contributed by atoms with Gasteiger partial charge in [0.25, 0.3) is 0 Å². The molecule has 3 aromatic rings. The summed E-state index contributed by atoms with van der Waals surface area (Å²) >= 11 is 8.69. The smallest absolute Gasteiger partial charge is 0.138 e. The minimum absolute atomic E-state index is 0.0294. The highest BCUT2D eigenvalue weighted by molar-refractivity contribution is 7.99. The number of aliphatic hydroxyl groups excluding tert-OH is 1. The predicted molar refractivity (Wildman–Crippen MR) is 94.8 cm³/mol. The van der Waals surface area contributed by atoms with Crippen LogP contribution in [-0.2, 0) is 0 Å². The van der Waals surface area contributed by atoms with E-state index in [-0.39, 0.29) is 17.1 Å². The van der Waals surface area contributed by atoms with E-state index in [4.69, 9.17) is 11.6 Å². The van der Waals surface area contributed by atoms with E-state index in [9.17, 15) is 10.4 Å². The summed E-state index contributed by atoms with van der Waals surface area (Å²) in [6.45, 7) is 0. The molecule has 1 N–H and O–H groups in total. The molecule has 0 fully saturated rings. The fraction of sp³-hybridized carbons (Fsp3) is 0.0625. The Kier molecular flexibility index (Phi) is 4.82. The van der Waals surface area contributed by atoms with E-state index >= 15 is 0 Å². The minimum atomic E-state index is -0.0294. The molecule has 0 saturated heterocycles. The van der Waals surface area contributed by atoms with Crippen molar-refractivity contribution in [1.82, 2.24) is 9.97 Å². The molecule has 0 saturated carbocycles. The Hall–Kier alpha value is -2.07. The number of aromatic nitrogens is 2. The van der Waals surface area contributed by atoms with Crippen molar-refractivity contribution >= 4 is 50.5 Å². The fourth-order valence-corrected chi connectivity index (χ4v) is 3.93. The zero-order valence-corrected chi connectivity index (χ0v) is 14.1. The second-order valence-electron chi connectivity index (χ2n) is 4.50. The molecule has 4 nitrogen and oxygen atoms in total. The van der Waals surface area contributed by atoms with Crippen molar-refractivity contribution in [3.63, 3.8) is 0 Å². The van der Waals surface area contributed by atoms with Crippen LogP contribution in [0.3, 0.4) is 0 Å². The van der Waals surface area contributed by atoms with Crippen molar-refractivity contribution < 1.29 is 5.11 Å². The van der Waals surface area contributed by atoms with Gasteiger partial charge in [0, 0.05) is 6.20 Å². The lowest BCUT2D eigenvalue weighted by atomic mass is 10.2. The van der Waals surface area contributed by atoms with Crippen LogP contribution in [0.4, 0.5) is 0 Å². The fourth-order valence-electron chi connectivity index (χ4n) is 1.90. The minimum Gasteiger partial charge on any atom is -0.510 e. The Morgan fingerprint density at radius 2 is 2.13 bits per heavy atom. The second-order valence-corrected chi connectivity index (χ2v) is 6.90. The first-order valence-corrected chi connectivity index (χ1v) is 8.78. The maximum absolute atomic E-state index is 10.3. The second kappa shape index (κ2) is 7.01. The number of benzene rings is 1. The van der Waals surface area contributed by atoms with Crippen LogP contribution in [0.1, 0.15) is 5.01 Å². The molecule has 0 aliphatic heterocycles. The van der Waals surface area contributed by atoms with Gasteiger partial charge in [-0.05, 0) is 24.3 Å². The van der Waals surface area contributed by atoms with Crippen LogP contribution in [0.2, 0.25) is 5.02 Å². The van der Waals surface area contributed by atoms with Gasteiger partial charge in [-0.25, -0.2) is 9.97 Å². The highest BCUT2D eigenvalue weighted by atomic mass is 35.5. The number of hydrogen-bond donors (Lipinski definition) is 1. The standard InChI is InChI=1S/C16H10ClN3OS2/c17-11-4-3-7-19-16(11)22-9-13(21)10(8-18)15-20-12-5-1-2-6-14(12)23-15/h1-7,21H,9H2/b13-10-. The molecule has 1 aromatic carbocycles. The molecule has 0 aliphatic carbocycles. The Bertz CT molecular complexity index is 897. The number of thiazole rings is 1. The molecular weight excluding hydrogens is 350 g/mol. The van der Waals surface area contributed by atoms with E-state index in [1.165, 1.54) is 23.1 Å². The van der Waals surface area contributed by atoms with Crippen LogP contribution in [-0.4, -0.2) is 20.8 Å². The number of thioether (sulfide) groups is 1. The van der Waals surface area contributed by atoms with Gasteiger partial charge in [0.05, 0.1) is 21.0 Å². The first kappa shape index (κ1) is 15.8. The monoisotopic (exact) mass is 359 g/mol. The van der Waals surface area contributed by atoms with Crippen molar-refractivity contribution in [2.24, 2.45) is 0 Å². The van der Waals surface area contributed by atoms with Gasteiger partial charge >= 0.3 is 0 Å². The van der Waals surface area contributed by atoms with E-state index in [1.807, 2.05) is 30.3 Å². The van der Waals surface area contributed by atoms with Gasteiger partial charge in [0.2, 0.25) is 0 Å². The SMILES string of the molecule is N#C/C(=C(/O)CSc1ncccc1Cl)c1nc2ccccc2s1. The molecule has 2 heterocycles. The van der Waals surface area contributed by atoms with Crippen LogP contribution in [0.5, 0.6) is 0 Å². The third-order valence-electron chi connectivity index (χ3n) is 2.98. The van der Waals surface area contributed by atoms with E-state index in [0.717, 1.165) is 10.2 Å². The van der Waals surface area contributed by atoms with E-state index in [1.54, 1.807) is 18.3 Å². The summed E-state index contributed by atoms with van der Waals surface area (Å²) in [5.41, 5.74) is 0.999. The lowest BCUT2D eigenvalue weighted by molar-refractivity contribution is 0.421. The quantitative estimate of drug-likeness (QED) is 0.406. The lowest BCUT2D eigenvalue weighted by Gasteiger charge is -2.03. The van der Waals surface area contributed by atoms with Crippen LogP contribution >= 0.6 is 34.7 Å². The number of allylic oxidation sites excluding steroid dienone is 1. The third kappa shape index (κ3) is 3.48. The number of halogens is 1. The summed E-state index contributed by atoms with van der Waals surface area (Å²) < 4.78 is 0.975. The largest absolute Gasteiger partial charge is 0.510 e. The van der Waals surface area contributed by atoms with E-state index in [0.29, 0.717) is 15.1 Å². The molecule has 0 radical (unpaired) electrons. The number of pyridine rings is 1. The normalized spacial score (nSPS) is 12.0. The summed E-state index contributed by atoms with van der Waals surface area (Å²) in [6, 6.07) is 13.1. The topological polar surface area (TPSA) is 69.8 Å². The molecular formula is C16H10ClN3OS2. The Morgan fingerprint density at radius 1 is 1.30 bits per heavy atom. The Balaban J connectivity index is 1.87. The summed E-state index contributed by atoms with van der Waals surface area (Å²) in [5, 5.41) is 21.3. The van der Waals surface area contributed by atoms with Gasteiger partial charge in [-0.2, -0.15) is 5.26 Å². The molecule has 114 valence electrons. The summed E-state index contributed by atoms with van der Waals surface area (Å²) in [7, 11) is 0. The van der Waals surface area contributed by atoms with Crippen molar-refractivity contribution in [2.45, 2.75) is 5.03 Å². The van der Waals surface area contributed by atoms with Crippen LogP contribution in [0.15, 0.2) is 53.4 Å². The molecule has 0 spiro atoms. The zero-order valence-electron chi connectivity index (χ0n) is 11.7. The number of para-hydroxylation sites is 1. The maximum Gasteiger partial charge on any atom is 0.138 e. The average Bonchev–Trinajstić information content (AvgIpc) is 2.98. The number of aliphatic hydroxyl groups is 1. The third-order valence-corrected chi connectivity index (χ3v) is 5.47. The zero-order chi connectivity index (χ0) is 16.2. The van der Waals surface area contributed by atoms with Gasteiger partial charge in [-0.3, -0.25) is 0 Å². The van der Waals surface area contributed by atoms with Crippen molar-refractivity contribution in [3.05, 3.63) is 58.4 Å². The Labute approximate surface area is 146 Å². The lowest BCUT2D eigenvalue weighted by Crippen LogP contribution is -1.93. The molecule has 0 amide bonds. The number of nitrogens with zero attached hydrogens (tertiary/aromatic N) is 3. The van der Waals surface area contributed by atoms with Crippen molar-refractivity contribution in [3.8, 4) is 6.07 Å². The van der Waals surface area contributed by atoms with Crippen LogP contribution in [0.25, 0.3) is 15.8 Å². The van der Waals surface area contributed by atoms with Gasteiger partial charge in [-0.1, -0.05) is 35.5 Å². The Morgan fingerprint density at radius 3 is 2.87 bits per heavy atom. The summed E-state index contributed by atoms with van der Waals surface area (Å²) in [4.78, 5) is 8.55. The number of fused-ring (bicyclic) bond motifs is 1. The van der Waals surface area contributed by atoms with Crippen LogP contribution in [0, 0.1) is 11.3 Å². The molecule has 0 atom stereocenters. The summed E-state index contributed by atoms with van der Waals surface area (Å²) in [5.74, 6) is 0.175. The van der Waals surface area contributed by atoms with Gasteiger partial charge in [0.15, 0.2) is 0 Å². The maximum atomic E-state index is 10.3. The van der Waals surface area contributed by atoms with Gasteiger partial charge in [0.1, 0.15) is 27.4 Å². The first-order valence-electron chi connectivity index (χ1n) is 6.60. The van der Waals surface area contributed by atoms with Gasteiger partial charge < -0.3 is 5.11 Å². The van der Waals surface area contributed by atoms with E-state index in [2.05, 4.69) is 9.97 Å². The average molecular weight is 360 g/mol. The number of hydrogen-bond acceptors (Lipinski definition) is 6. The summed E-state index contributed by atoms with van der Waals surface area (Å²) in [6.07, 6.45) is 1.63. The van der Waals surface area contributed by atoms with Crippen molar-refractivity contribution in [1.29, 1.82) is 5.26 Å². The number of rotatable bonds is 4. The molecule has 0 unspecified atom stereocenters. The van der Waals surface area contributed by atoms with Crippen LogP contribution < -0.4 is 0 Å². The molecule has 0 aliphatic rings. The molecule has 7 heteroatoms. The van der Waals surface area contributed by atoms with Gasteiger partial charge in [-0.15, -0.1) is 11.3 Å². The molecule has 23 heavy (non-hydrogen) atoms.